The summed E-state index contributed by atoms with van der Waals surface area (Å²) in [6, 6.07) is 0. The first kappa shape index (κ1) is 12.4. The van der Waals surface area contributed by atoms with Gasteiger partial charge in [0.05, 0.1) is 18.8 Å². The molecule has 1 rings (SSSR count). The van der Waals surface area contributed by atoms with Gasteiger partial charge < -0.3 is 13.6 Å². The van der Waals surface area contributed by atoms with Gasteiger partial charge in [0.25, 0.3) is 0 Å². The molecule has 14 heavy (non-hydrogen) atoms. The van der Waals surface area contributed by atoms with E-state index in [1.165, 1.54) is 0 Å². The van der Waals surface area contributed by atoms with Crippen LogP contribution < -0.4 is 0 Å². The highest BCUT2D eigenvalue weighted by atomic mass is 31.2. The Morgan fingerprint density at radius 1 is 1.21 bits per heavy atom. The summed E-state index contributed by atoms with van der Waals surface area (Å²) in [4.78, 5) is 0. The second kappa shape index (κ2) is 4.89. The van der Waals surface area contributed by atoms with Crippen molar-refractivity contribution in [2.24, 2.45) is 5.41 Å². The molecule has 84 valence electrons. The van der Waals surface area contributed by atoms with E-state index in [9.17, 15) is 0 Å². The Balaban J connectivity index is 2.30. The fraction of sp³-hybridized carbons (Fsp3) is 1.00. The van der Waals surface area contributed by atoms with Crippen molar-refractivity contribution in [3.05, 3.63) is 0 Å². The maximum absolute atomic E-state index is 5.61. The van der Waals surface area contributed by atoms with Crippen LogP contribution in [0.1, 0.15) is 41.0 Å². The molecule has 1 fully saturated rings. The van der Waals surface area contributed by atoms with Gasteiger partial charge in [0.15, 0.2) is 0 Å². The van der Waals surface area contributed by atoms with E-state index in [-0.39, 0.29) is 17.6 Å². The monoisotopic (exact) mass is 220 g/mol. The van der Waals surface area contributed by atoms with Gasteiger partial charge in [-0.3, -0.25) is 0 Å². The summed E-state index contributed by atoms with van der Waals surface area (Å²) < 4.78 is 16.8. The smallest absolute Gasteiger partial charge is 0.312 e. The average Bonchev–Trinajstić information content (AvgIpc) is 1.97. The average molecular weight is 220 g/mol. The van der Waals surface area contributed by atoms with Gasteiger partial charge in [-0.1, -0.05) is 20.8 Å². The molecule has 4 heteroatoms. The first-order valence-corrected chi connectivity index (χ1v) is 6.23. The van der Waals surface area contributed by atoms with E-state index in [2.05, 4.69) is 34.6 Å². The van der Waals surface area contributed by atoms with Gasteiger partial charge in [0, 0.05) is 6.42 Å². The standard InChI is InChI=1S/C10H21O3P/c1-8-6-9(2)13-14(12-8)11-7-10(3,4)5/h8-9H,6-7H2,1-5H3. The third-order valence-electron chi connectivity index (χ3n) is 1.80. The van der Waals surface area contributed by atoms with Crippen LogP contribution in [0.2, 0.25) is 0 Å². The fourth-order valence-electron chi connectivity index (χ4n) is 1.18. The molecular weight excluding hydrogens is 199 g/mol. The van der Waals surface area contributed by atoms with Gasteiger partial charge >= 0.3 is 8.60 Å². The summed E-state index contributed by atoms with van der Waals surface area (Å²) >= 11 is 0. The van der Waals surface area contributed by atoms with Crippen molar-refractivity contribution in [1.29, 1.82) is 0 Å². The highest BCUT2D eigenvalue weighted by molar-refractivity contribution is 7.41. The van der Waals surface area contributed by atoms with Crippen molar-refractivity contribution in [2.75, 3.05) is 6.61 Å². The van der Waals surface area contributed by atoms with E-state index in [0.717, 1.165) is 6.42 Å². The molecule has 3 nitrogen and oxygen atoms in total. The molecule has 0 saturated carbocycles. The largest absolute Gasteiger partial charge is 0.333 e. The SMILES string of the molecule is CC1CC(C)OP(OCC(C)(C)C)O1. The minimum atomic E-state index is -1.11. The van der Waals surface area contributed by atoms with E-state index >= 15 is 0 Å². The Morgan fingerprint density at radius 2 is 1.71 bits per heavy atom. The highest BCUT2D eigenvalue weighted by Gasteiger charge is 2.28. The Kier molecular flexibility index (Phi) is 4.32. The van der Waals surface area contributed by atoms with Crippen molar-refractivity contribution in [1.82, 2.24) is 0 Å². The molecule has 0 aliphatic carbocycles. The van der Waals surface area contributed by atoms with Crippen LogP contribution in [0.5, 0.6) is 0 Å². The molecule has 2 atom stereocenters. The number of rotatable bonds is 2. The minimum Gasteiger partial charge on any atom is -0.312 e. The summed E-state index contributed by atoms with van der Waals surface area (Å²) in [7, 11) is -1.11. The zero-order chi connectivity index (χ0) is 10.8. The van der Waals surface area contributed by atoms with Crippen molar-refractivity contribution >= 4 is 8.60 Å². The van der Waals surface area contributed by atoms with E-state index in [0.29, 0.717) is 6.61 Å². The predicted octanol–water partition coefficient (Wildman–Crippen LogP) is 3.49. The van der Waals surface area contributed by atoms with E-state index < -0.39 is 8.60 Å². The molecule has 0 N–H and O–H groups in total. The molecule has 1 aliphatic heterocycles. The van der Waals surface area contributed by atoms with Crippen LogP contribution in [0.4, 0.5) is 0 Å². The lowest BCUT2D eigenvalue weighted by Gasteiger charge is -2.31. The summed E-state index contributed by atoms with van der Waals surface area (Å²) in [6.07, 6.45) is 1.47. The Bertz CT molecular complexity index is 169. The van der Waals surface area contributed by atoms with Crippen molar-refractivity contribution in [3.63, 3.8) is 0 Å². The summed E-state index contributed by atoms with van der Waals surface area (Å²) in [5.41, 5.74) is 0.166. The third-order valence-corrected chi connectivity index (χ3v) is 3.20. The first-order chi connectivity index (χ1) is 6.37. The fourth-order valence-corrected chi connectivity index (χ4v) is 2.60. The maximum Gasteiger partial charge on any atom is 0.333 e. The topological polar surface area (TPSA) is 27.7 Å². The van der Waals surface area contributed by atoms with Gasteiger partial charge in [0.2, 0.25) is 0 Å². The van der Waals surface area contributed by atoms with Crippen LogP contribution in [-0.2, 0) is 13.6 Å². The number of hydrogen-bond acceptors (Lipinski definition) is 3. The third kappa shape index (κ3) is 4.70. The normalized spacial score (nSPS) is 34.5. The lowest BCUT2D eigenvalue weighted by molar-refractivity contribution is 0.0230. The molecule has 0 aromatic heterocycles. The Morgan fingerprint density at radius 3 is 2.14 bits per heavy atom. The van der Waals surface area contributed by atoms with Gasteiger partial charge in [-0.25, -0.2) is 0 Å². The Hall–Kier alpha value is 0.310. The van der Waals surface area contributed by atoms with Crippen LogP contribution >= 0.6 is 8.60 Å². The lowest BCUT2D eigenvalue weighted by atomic mass is 9.99. The maximum atomic E-state index is 5.61. The molecule has 1 heterocycles. The van der Waals surface area contributed by atoms with Crippen LogP contribution in [0, 0.1) is 5.41 Å². The highest BCUT2D eigenvalue weighted by Crippen LogP contribution is 2.47. The van der Waals surface area contributed by atoms with Gasteiger partial charge in [-0.2, -0.15) is 0 Å². The van der Waals surface area contributed by atoms with Crippen LogP contribution in [0.3, 0.4) is 0 Å². The molecule has 1 aliphatic rings. The Labute approximate surface area is 88.1 Å². The van der Waals surface area contributed by atoms with Gasteiger partial charge in [-0.05, 0) is 19.3 Å². The predicted molar refractivity (Wildman–Crippen MR) is 58.0 cm³/mol. The summed E-state index contributed by atoms with van der Waals surface area (Å²) in [5.74, 6) is 0. The molecule has 0 amide bonds. The molecule has 0 aromatic carbocycles. The zero-order valence-corrected chi connectivity index (χ0v) is 10.6. The molecular formula is C10H21O3P. The van der Waals surface area contributed by atoms with Gasteiger partial charge in [0.1, 0.15) is 0 Å². The van der Waals surface area contributed by atoms with Crippen LogP contribution in [-0.4, -0.2) is 18.8 Å². The minimum absolute atomic E-state index is 0.166. The van der Waals surface area contributed by atoms with Crippen LogP contribution in [0.15, 0.2) is 0 Å². The van der Waals surface area contributed by atoms with Crippen molar-refractivity contribution in [2.45, 2.75) is 53.2 Å². The molecule has 0 aromatic rings. The molecule has 1 saturated heterocycles. The van der Waals surface area contributed by atoms with Crippen LogP contribution in [0.25, 0.3) is 0 Å². The lowest BCUT2D eigenvalue weighted by Crippen LogP contribution is -2.24. The number of hydrogen-bond donors (Lipinski definition) is 0. The first-order valence-electron chi connectivity index (χ1n) is 5.13. The molecule has 0 bridgehead atoms. The van der Waals surface area contributed by atoms with E-state index in [4.69, 9.17) is 13.6 Å². The van der Waals surface area contributed by atoms with Crippen molar-refractivity contribution in [3.8, 4) is 0 Å². The second-order valence-corrected chi connectivity index (χ2v) is 6.25. The van der Waals surface area contributed by atoms with Gasteiger partial charge in [-0.15, -0.1) is 0 Å². The van der Waals surface area contributed by atoms with E-state index in [1.807, 2.05) is 0 Å². The second-order valence-electron chi connectivity index (χ2n) is 5.13. The summed E-state index contributed by atoms with van der Waals surface area (Å²) in [5, 5.41) is 0. The quantitative estimate of drug-likeness (QED) is 0.667. The van der Waals surface area contributed by atoms with E-state index in [1.54, 1.807) is 0 Å². The van der Waals surface area contributed by atoms with Crippen molar-refractivity contribution < 1.29 is 13.6 Å². The zero-order valence-electron chi connectivity index (χ0n) is 9.74. The molecule has 0 radical (unpaired) electrons. The summed E-state index contributed by atoms with van der Waals surface area (Å²) in [6.45, 7) is 11.2. The molecule has 0 spiro atoms. The molecule has 2 unspecified atom stereocenters.